The first-order valence-corrected chi connectivity index (χ1v) is 7.37. The number of aromatic nitrogens is 2. The summed E-state index contributed by atoms with van der Waals surface area (Å²) in [5, 5.41) is 9.99. The summed E-state index contributed by atoms with van der Waals surface area (Å²) in [6.07, 6.45) is 0. The van der Waals surface area contributed by atoms with Crippen molar-refractivity contribution in [3.63, 3.8) is 0 Å². The van der Waals surface area contributed by atoms with Gasteiger partial charge in [0.05, 0.1) is 21.4 Å². The first-order chi connectivity index (χ1) is 11.0. The molecule has 0 saturated carbocycles. The molecule has 7 heteroatoms. The van der Waals surface area contributed by atoms with Crippen molar-refractivity contribution >= 4 is 34.8 Å². The third-order valence-corrected chi connectivity index (χ3v) is 3.79. The molecule has 1 heterocycles. The Morgan fingerprint density at radius 1 is 1.09 bits per heavy atom. The summed E-state index contributed by atoms with van der Waals surface area (Å²) in [6.45, 7) is 0. The van der Waals surface area contributed by atoms with Gasteiger partial charge in [0, 0.05) is 5.56 Å². The topological polar surface area (TPSA) is 57.8 Å². The number of amides is 1. The Morgan fingerprint density at radius 2 is 1.74 bits per heavy atom. The standard InChI is InChI=1S/C16H10Cl2FN3O/c17-11-2-1-3-12(18)15(11)20-16(23)14-8-13(21-22-14)9-4-6-10(19)7-5-9/h1-8H,(H,20,23)(H,21,22). The lowest BCUT2D eigenvalue weighted by Crippen LogP contribution is -2.13. The quantitative estimate of drug-likeness (QED) is 0.715. The zero-order chi connectivity index (χ0) is 16.4. The summed E-state index contributed by atoms with van der Waals surface area (Å²) in [5.74, 6) is -0.767. The fourth-order valence-electron chi connectivity index (χ4n) is 2.00. The van der Waals surface area contributed by atoms with Gasteiger partial charge in [0.15, 0.2) is 0 Å². The van der Waals surface area contributed by atoms with E-state index in [0.29, 0.717) is 27.0 Å². The van der Waals surface area contributed by atoms with Crippen LogP contribution in [0.25, 0.3) is 11.3 Å². The van der Waals surface area contributed by atoms with Crippen molar-refractivity contribution in [1.29, 1.82) is 0 Å². The van der Waals surface area contributed by atoms with Crippen LogP contribution < -0.4 is 5.32 Å². The summed E-state index contributed by atoms with van der Waals surface area (Å²) >= 11 is 12.0. The first-order valence-electron chi connectivity index (χ1n) is 6.61. The van der Waals surface area contributed by atoms with Gasteiger partial charge in [-0.2, -0.15) is 5.10 Å². The van der Waals surface area contributed by atoms with Crippen LogP contribution in [0, 0.1) is 5.82 Å². The van der Waals surface area contributed by atoms with Crippen LogP contribution in [0.4, 0.5) is 10.1 Å². The van der Waals surface area contributed by atoms with E-state index in [1.807, 2.05) is 0 Å². The number of para-hydroxylation sites is 1. The fraction of sp³-hybridized carbons (Fsp3) is 0. The molecule has 0 aliphatic rings. The van der Waals surface area contributed by atoms with Gasteiger partial charge in [-0.1, -0.05) is 29.3 Å². The van der Waals surface area contributed by atoms with Crippen LogP contribution >= 0.6 is 23.2 Å². The maximum Gasteiger partial charge on any atom is 0.273 e. The molecule has 0 aliphatic carbocycles. The Labute approximate surface area is 141 Å². The lowest BCUT2D eigenvalue weighted by atomic mass is 10.1. The highest BCUT2D eigenvalue weighted by Gasteiger charge is 2.14. The van der Waals surface area contributed by atoms with Crippen LogP contribution in [0.2, 0.25) is 10.0 Å². The highest BCUT2D eigenvalue weighted by atomic mass is 35.5. The normalized spacial score (nSPS) is 10.6. The van der Waals surface area contributed by atoms with E-state index in [-0.39, 0.29) is 11.5 Å². The molecule has 0 aliphatic heterocycles. The van der Waals surface area contributed by atoms with E-state index >= 15 is 0 Å². The molecule has 0 atom stereocenters. The molecule has 0 saturated heterocycles. The van der Waals surface area contributed by atoms with Gasteiger partial charge in [-0.3, -0.25) is 9.89 Å². The molecule has 116 valence electrons. The number of H-pyrrole nitrogens is 1. The lowest BCUT2D eigenvalue weighted by molar-refractivity contribution is 0.102. The van der Waals surface area contributed by atoms with Crippen molar-refractivity contribution in [2.45, 2.75) is 0 Å². The summed E-state index contributed by atoms with van der Waals surface area (Å²) in [4.78, 5) is 12.3. The Balaban J connectivity index is 1.83. The highest BCUT2D eigenvalue weighted by molar-refractivity contribution is 6.40. The van der Waals surface area contributed by atoms with Crippen molar-refractivity contribution in [3.05, 3.63) is 70.1 Å². The molecule has 0 bridgehead atoms. The monoisotopic (exact) mass is 349 g/mol. The van der Waals surface area contributed by atoms with Crippen molar-refractivity contribution in [1.82, 2.24) is 10.2 Å². The molecule has 0 fully saturated rings. The Hall–Kier alpha value is -2.37. The number of benzene rings is 2. The smallest absolute Gasteiger partial charge is 0.273 e. The van der Waals surface area contributed by atoms with Crippen molar-refractivity contribution < 1.29 is 9.18 Å². The van der Waals surface area contributed by atoms with Gasteiger partial charge >= 0.3 is 0 Å². The number of nitrogens with one attached hydrogen (secondary N) is 2. The van der Waals surface area contributed by atoms with Gasteiger partial charge < -0.3 is 5.32 Å². The van der Waals surface area contributed by atoms with Crippen LogP contribution in [0.1, 0.15) is 10.5 Å². The van der Waals surface area contributed by atoms with Crippen LogP contribution in [0.15, 0.2) is 48.5 Å². The predicted octanol–water partition coefficient (Wildman–Crippen LogP) is 4.77. The minimum Gasteiger partial charge on any atom is -0.318 e. The number of aromatic amines is 1. The molecule has 23 heavy (non-hydrogen) atoms. The maximum absolute atomic E-state index is 12.9. The second-order valence-electron chi connectivity index (χ2n) is 4.72. The average molecular weight is 350 g/mol. The van der Waals surface area contributed by atoms with Crippen molar-refractivity contribution in [2.24, 2.45) is 0 Å². The molecule has 2 N–H and O–H groups in total. The first kappa shape index (κ1) is 15.5. The van der Waals surface area contributed by atoms with E-state index in [4.69, 9.17) is 23.2 Å². The highest BCUT2D eigenvalue weighted by Crippen LogP contribution is 2.30. The second kappa shape index (κ2) is 6.40. The lowest BCUT2D eigenvalue weighted by Gasteiger charge is -2.07. The average Bonchev–Trinajstić information content (AvgIpc) is 3.02. The molecule has 4 nitrogen and oxygen atoms in total. The van der Waals surface area contributed by atoms with Crippen molar-refractivity contribution in [3.8, 4) is 11.3 Å². The van der Waals surface area contributed by atoms with Crippen LogP contribution in [0.3, 0.4) is 0 Å². The van der Waals surface area contributed by atoms with E-state index in [9.17, 15) is 9.18 Å². The number of anilines is 1. The van der Waals surface area contributed by atoms with Crippen LogP contribution in [-0.2, 0) is 0 Å². The maximum atomic E-state index is 12.9. The summed E-state index contributed by atoms with van der Waals surface area (Å²) in [6, 6.07) is 12.3. The number of rotatable bonds is 3. The second-order valence-corrected chi connectivity index (χ2v) is 5.54. The molecule has 0 radical (unpaired) electrons. The third kappa shape index (κ3) is 3.36. The Morgan fingerprint density at radius 3 is 2.39 bits per heavy atom. The number of hydrogen-bond acceptors (Lipinski definition) is 2. The van der Waals surface area contributed by atoms with E-state index < -0.39 is 5.91 Å². The third-order valence-electron chi connectivity index (χ3n) is 3.16. The zero-order valence-electron chi connectivity index (χ0n) is 11.6. The minimum atomic E-state index is -0.430. The van der Waals surface area contributed by atoms with Gasteiger partial charge in [0.1, 0.15) is 11.5 Å². The molecular weight excluding hydrogens is 340 g/mol. The molecule has 1 amide bonds. The molecule has 3 rings (SSSR count). The SMILES string of the molecule is O=C(Nc1c(Cl)cccc1Cl)c1cc(-c2ccc(F)cc2)n[nH]1. The zero-order valence-corrected chi connectivity index (χ0v) is 13.1. The Kier molecular flexibility index (Phi) is 4.32. The molecule has 2 aromatic carbocycles. The molecule has 3 aromatic rings. The number of nitrogens with zero attached hydrogens (tertiary/aromatic N) is 1. The molecular formula is C16H10Cl2FN3O. The number of carbonyl (C=O) groups is 1. The minimum absolute atomic E-state index is 0.236. The summed E-state index contributed by atoms with van der Waals surface area (Å²) in [5.41, 5.74) is 1.79. The molecule has 0 spiro atoms. The van der Waals surface area contributed by atoms with Gasteiger partial charge in [0.25, 0.3) is 5.91 Å². The van der Waals surface area contributed by atoms with E-state index in [2.05, 4.69) is 15.5 Å². The molecule has 0 unspecified atom stereocenters. The van der Waals surface area contributed by atoms with Gasteiger partial charge in [-0.25, -0.2) is 4.39 Å². The van der Waals surface area contributed by atoms with E-state index in [0.717, 1.165) is 0 Å². The number of hydrogen-bond donors (Lipinski definition) is 2. The van der Waals surface area contributed by atoms with Crippen molar-refractivity contribution in [2.75, 3.05) is 5.32 Å². The summed E-state index contributed by atoms with van der Waals surface area (Å²) in [7, 11) is 0. The van der Waals surface area contributed by atoms with Gasteiger partial charge in [0.2, 0.25) is 0 Å². The predicted molar refractivity (Wildman–Crippen MR) is 88.4 cm³/mol. The Bertz CT molecular complexity index is 842. The molecule has 1 aromatic heterocycles. The van der Waals surface area contributed by atoms with Gasteiger partial charge in [-0.15, -0.1) is 0 Å². The largest absolute Gasteiger partial charge is 0.318 e. The van der Waals surface area contributed by atoms with Crippen LogP contribution in [-0.4, -0.2) is 16.1 Å². The van der Waals surface area contributed by atoms with E-state index in [1.165, 1.54) is 12.1 Å². The summed E-state index contributed by atoms with van der Waals surface area (Å²) < 4.78 is 12.9. The fourth-order valence-corrected chi connectivity index (χ4v) is 2.50. The van der Waals surface area contributed by atoms with Gasteiger partial charge in [-0.05, 0) is 42.5 Å². The van der Waals surface area contributed by atoms with E-state index in [1.54, 1.807) is 36.4 Å². The van der Waals surface area contributed by atoms with Crippen LogP contribution in [0.5, 0.6) is 0 Å². The number of carbonyl (C=O) groups excluding carboxylic acids is 1. The number of halogens is 3.